The third kappa shape index (κ3) is 5.11. The molecular weight excluding hydrogens is 230 g/mol. The molecule has 0 aromatic heterocycles. The summed E-state index contributed by atoms with van der Waals surface area (Å²) < 4.78 is 0. The summed E-state index contributed by atoms with van der Waals surface area (Å²) in [5, 5.41) is 9.51. The highest BCUT2D eigenvalue weighted by Gasteiger charge is 2.19. The van der Waals surface area contributed by atoms with Gasteiger partial charge < -0.3 is 10.8 Å². The average Bonchev–Trinajstić information content (AvgIpc) is 2.27. The molecule has 3 N–H and O–H groups in total. The zero-order chi connectivity index (χ0) is 12.8. The molecular formula is C14H23NOS. The second-order valence-electron chi connectivity index (χ2n) is 4.95. The second-order valence-corrected chi connectivity index (χ2v) is 6.26. The molecule has 2 atom stereocenters. The lowest BCUT2D eigenvalue weighted by atomic mass is 10.0. The number of thioether (sulfide) groups is 1. The van der Waals surface area contributed by atoms with Gasteiger partial charge in [-0.05, 0) is 31.4 Å². The zero-order valence-electron chi connectivity index (χ0n) is 10.9. The van der Waals surface area contributed by atoms with Crippen molar-refractivity contribution in [2.75, 3.05) is 6.61 Å². The third-order valence-corrected chi connectivity index (χ3v) is 4.06. The normalized spacial score (nSPS) is 14.9. The highest BCUT2D eigenvalue weighted by Crippen LogP contribution is 2.26. The molecule has 0 radical (unpaired) electrons. The Hall–Kier alpha value is -0.510. The van der Waals surface area contributed by atoms with Crippen LogP contribution in [-0.4, -0.2) is 23.0 Å². The molecule has 96 valence electrons. The molecule has 0 amide bonds. The molecule has 0 aliphatic rings. The average molecular weight is 253 g/mol. The van der Waals surface area contributed by atoms with Gasteiger partial charge in [-0.2, -0.15) is 0 Å². The molecule has 0 aliphatic carbocycles. The van der Waals surface area contributed by atoms with Crippen LogP contribution in [0, 0.1) is 12.8 Å². The molecule has 0 bridgehead atoms. The van der Waals surface area contributed by atoms with Crippen LogP contribution in [0.5, 0.6) is 0 Å². The molecule has 3 heteroatoms. The van der Waals surface area contributed by atoms with Crippen LogP contribution >= 0.6 is 11.8 Å². The first-order valence-electron chi connectivity index (χ1n) is 6.12. The van der Waals surface area contributed by atoms with Gasteiger partial charge in [0.15, 0.2) is 0 Å². The molecule has 1 rings (SSSR count). The molecule has 17 heavy (non-hydrogen) atoms. The highest BCUT2D eigenvalue weighted by atomic mass is 32.2. The Morgan fingerprint density at radius 1 is 1.24 bits per heavy atom. The minimum absolute atomic E-state index is 0.0475. The van der Waals surface area contributed by atoms with E-state index < -0.39 is 0 Å². The van der Waals surface area contributed by atoms with Crippen molar-refractivity contribution in [3.05, 3.63) is 29.8 Å². The van der Waals surface area contributed by atoms with Crippen molar-refractivity contribution in [2.45, 2.75) is 43.4 Å². The molecule has 2 unspecified atom stereocenters. The van der Waals surface area contributed by atoms with Crippen molar-refractivity contribution in [3.63, 3.8) is 0 Å². The molecule has 0 saturated heterocycles. The predicted octanol–water partition coefficient (Wildman–Crippen LogP) is 2.82. The van der Waals surface area contributed by atoms with Gasteiger partial charge in [-0.25, -0.2) is 0 Å². The summed E-state index contributed by atoms with van der Waals surface area (Å²) in [6.45, 7) is 6.52. The first-order valence-corrected chi connectivity index (χ1v) is 7.00. The van der Waals surface area contributed by atoms with E-state index in [9.17, 15) is 5.11 Å². The maximum absolute atomic E-state index is 9.42. The summed E-state index contributed by atoms with van der Waals surface area (Å²) in [5.41, 5.74) is 7.38. The molecule has 1 aromatic rings. The van der Waals surface area contributed by atoms with E-state index >= 15 is 0 Å². The number of aryl methyl sites for hydroxylation is 1. The lowest BCUT2D eigenvalue weighted by molar-refractivity contribution is 0.275. The summed E-state index contributed by atoms with van der Waals surface area (Å²) in [6, 6.07) is 8.40. The lowest BCUT2D eigenvalue weighted by Gasteiger charge is -2.23. The van der Waals surface area contributed by atoms with Gasteiger partial charge >= 0.3 is 0 Å². The first-order chi connectivity index (χ1) is 8.02. The minimum atomic E-state index is 0.0475. The van der Waals surface area contributed by atoms with Crippen LogP contribution in [0.3, 0.4) is 0 Å². The Labute approximate surface area is 109 Å². The van der Waals surface area contributed by atoms with Crippen LogP contribution in [0.2, 0.25) is 0 Å². The van der Waals surface area contributed by atoms with Gasteiger partial charge in [-0.1, -0.05) is 31.5 Å². The van der Waals surface area contributed by atoms with Crippen molar-refractivity contribution >= 4 is 11.8 Å². The number of aliphatic hydroxyl groups is 1. The smallest absolute Gasteiger partial charge is 0.0568 e. The fraction of sp³-hybridized carbons (Fsp3) is 0.571. The maximum Gasteiger partial charge on any atom is 0.0568 e. The van der Waals surface area contributed by atoms with Gasteiger partial charge in [0, 0.05) is 16.2 Å². The van der Waals surface area contributed by atoms with E-state index in [1.807, 2.05) is 0 Å². The van der Waals surface area contributed by atoms with Crippen LogP contribution in [0.4, 0.5) is 0 Å². The molecule has 0 spiro atoms. The summed E-state index contributed by atoms with van der Waals surface area (Å²) in [5.74, 6) is 0.567. The summed E-state index contributed by atoms with van der Waals surface area (Å²) in [4.78, 5) is 1.17. The van der Waals surface area contributed by atoms with Crippen molar-refractivity contribution in [1.29, 1.82) is 0 Å². The van der Waals surface area contributed by atoms with E-state index in [0.717, 1.165) is 6.42 Å². The van der Waals surface area contributed by atoms with Crippen molar-refractivity contribution in [3.8, 4) is 0 Å². The fourth-order valence-corrected chi connectivity index (χ4v) is 2.75. The fourth-order valence-electron chi connectivity index (χ4n) is 1.75. The lowest BCUT2D eigenvalue weighted by Crippen LogP contribution is -2.36. The summed E-state index contributed by atoms with van der Waals surface area (Å²) in [7, 11) is 0. The summed E-state index contributed by atoms with van der Waals surface area (Å²) in [6.07, 6.45) is 0.949. The molecule has 1 aromatic carbocycles. The van der Waals surface area contributed by atoms with Crippen LogP contribution in [0.1, 0.15) is 25.8 Å². The third-order valence-electron chi connectivity index (χ3n) is 2.71. The predicted molar refractivity (Wildman–Crippen MR) is 75.3 cm³/mol. The van der Waals surface area contributed by atoms with Gasteiger partial charge in [0.2, 0.25) is 0 Å². The van der Waals surface area contributed by atoms with E-state index in [1.165, 1.54) is 10.5 Å². The van der Waals surface area contributed by atoms with Crippen LogP contribution in [0.15, 0.2) is 29.2 Å². The maximum atomic E-state index is 9.42. The number of hydrogen-bond acceptors (Lipinski definition) is 3. The number of rotatable bonds is 6. The van der Waals surface area contributed by atoms with E-state index in [1.54, 1.807) is 11.8 Å². The SMILES string of the molecule is Cc1ccc(SC(CO)C(N)CC(C)C)cc1. The van der Waals surface area contributed by atoms with Crippen LogP contribution in [-0.2, 0) is 0 Å². The molecule has 0 aliphatic heterocycles. The van der Waals surface area contributed by atoms with Gasteiger partial charge in [-0.15, -0.1) is 11.8 Å². The second kappa shape index (κ2) is 7.04. The highest BCUT2D eigenvalue weighted by molar-refractivity contribution is 8.00. The zero-order valence-corrected chi connectivity index (χ0v) is 11.7. The standard InChI is InChI=1S/C14H23NOS/c1-10(2)8-13(15)14(9-16)17-12-6-4-11(3)5-7-12/h4-7,10,13-14,16H,8-9,15H2,1-3H3. The quantitative estimate of drug-likeness (QED) is 0.766. The largest absolute Gasteiger partial charge is 0.395 e. The molecule has 0 fully saturated rings. The Kier molecular flexibility index (Phi) is 6.03. The first kappa shape index (κ1) is 14.6. The number of nitrogens with two attached hydrogens (primary N) is 1. The van der Waals surface area contributed by atoms with Gasteiger partial charge in [0.25, 0.3) is 0 Å². The molecule has 0 saturated carbocycles. The Bertz CT molecular complexity index is 323. The van der Waals surface area contributed by atoms with Crippen molar-refractivity contribution in [1.82, 2.24) is 0 Å². The van der Waals surface area contributed by atoms with Gasteiger partial charge in [-0.3, -0.25) is 0 Å². The van der Waals surface area contributed by atoms with Crippen molar-refractivity contribution < 1.29 is 5.11 Å². The monoisotopic (exact) mass is 253 g/mol. The van der Waals surface area contributed by atoms with Gasteiger partial charge in [0.05, 0.1) is 6.61 Å². The minimum Gasteiger partial charge on any atom is -0.395 e. The molecule has 0 heterocycles. The van der Waals surface area contributed by atoms with Crippen LogP contribution < -0.4 is 5.73 Å². The topological polar surface area (TPSA) is 46.2 Å². The van der Waals surface area contributed by atoms with Crippen LogP contribution in [0.25, 0.3) is 0 Å². The molecule has 2 nitrogen and oxygen atoms in total. The summed E-state index contributed by atoms with van der Waals surface area (Å²) >= 11 is 1.67. The Morgan fingerprint density at radius 2 is 1.82 bits per heavy atom. The number of hydrogen-bond donors (Lipinski definition) is 2. The number of benzene rings is 1. The van der Waals surface area contributed by atoms with Gasteiger partial charge in [0.1, 0.15) is 0 Å². The number of aliphatic hydroxyl groups excluding tert-OH is 1. The van der Waals surface area contributed by atoms with E-state index in [0.29, 0.717) is 5.92 Å². The van der Waals surface area contributed by atoms with E-state index in [4.69, 9.17) is 5.73 Å². The van der Waals surface area contributed by atoms with E-state index in [-0.39, 0.29) is 17.9 Å². The Morgan fingerprint density at radius 3 is 2.29 bits per heavy atom. The van der Waals surface area contributed by atoms with Crippen molar-refractivity contribution in [2.24, 2.45) is 11.7 Å². The van der Waals surface area contributed by atoms with E-state index in [2.05, 4.69) is 45.0 Å². The Balaban J connectivity index is 2.59.